The summed E-state index contributed by atoms with van der Waals surface area (Å²) >= 11 is 5.90. The first-order chi connectivity index (χ1) is 11.6. The summed E-state index contributed by atoms with van der Waals surface area (Å²) < 4.78 is 6.66. The molecule has 0 aliphatic heterocycles. The molecule has 5 nitrogen and oxygen atoms in total. The zero-order valence-electron chi connectivity index (χ0n) is 13.9. The predicted octanol–water partition coefficient (Wildman–Crippen LogP) is 3.72. The van der Waals surface area contributed by atoms with E-state index in [-0.39, 0.29) is 18.4 Å². The number of benzene rings is 1. The Morgan fingerprint density at radius 3 is 2.79 bits per heavy atom. The van der Waals surface area contributed by atoms with Crippen molar-refractivity contribution < 1.29 is 9.21 Å². The van der Waals surface area contributed by atoms with Gasteiger partial charge in [0.2, 0.25) is 5.91 Å². The molecular weight excluding hydrogens is 328 g/mol. The number of aromatic nitrogens is 1. The van der Waals surface area contributed by atoms with Gasteiger partial charge in [-0.05, 0) is 43.7 Å². The van der Waals surface area contributed by atoms with Gasteiger partial charge in [-0.2, -0.15) is 0 Å². The summed E-state index contributed by atoms with van der Waals surface area (Å²) in [6.45, 7) is 2.54. The molecular formula is C18H23ClN2O3. The lowest BCUT2D eigenvalue weighted by Crippen LogP contribution is -2.38. The fraction of sp³-hybridized carbons (Fsp3) is 0.556. The molecule has 1 heterocycles. The molecule has 0 unspecified atom stereocenters. The van der Waals surface area contributed by atoms with Crippen LogP contribution in [0.25, 0.3) is 11.1 Å². The van der Waals surface area contributed by atoms with E-state index >= 15 is 0 Å². The highest BCUT2D eigenvalue weighted by molar-refractivity contribution is 6.31. The van der Waals surface area contributed by atoms with Crippen LogP contribution in [0.5, 0.6) is 0 Å². The number of amides is 1. The van der Waals surface area contributed by atoms with Gasteiger partial charge in [0.05, 0.1) is 5.52 Å². The van der Waals surface area contributed by atoms with Gasteiger partial charge in [0, 0.05) is 30.1 Å². The Bertz CT molecular complexity index is 772. The number of nitrogens with zero attached hydrogens (tertiary/aromatic N) is 1. The molecule has 0 saturated heterocycles. The number of carbonyl (C=O) groups is 1. The van der Waals surface area contributed by atoms with Gasteiger partial charge in [0.25, 0.3) is 0 Å². The smallest absolute Gasteiger partial charge is 0.408 e. The van der Waals surface area contributed by atoms with Crippen LogP contribution < -0.4 is 11.1 Å². The van der Waals surface area contributed by atoms with Crippen LogP contribution >= 0.6 is 11.6 Å². The first-order valence-corrected chi connectivity index (χ1v) is 9.03. The first kappa shape index (κ1) is 17.1. The monoisotopic (exact) mass is 350 g/mol. The molecule has 24 heavy (non-hydrogen) atoms. The third-order valence-electron chi connectivity index (χ3n) is 4.98. The minimum absolute atomic E-state index is 0.00911. The molecule has 1 aliphatic carbocycles. The molecule has 1 aromatic heterocycles. The van der Waals surface area contributed by atoms with Crippen molar-refractivity contribution in [3.8, 4) is 0 Å². The second-order valence-corrected chi connectivity index (χ2v) is 7.01. The molecule has 1 saturated carbocycles. The van der Waals surface area contributed by atoms with Crippen molar-refractivity contribution in [1.82, 2.24) is 9.88 Å². The number of nitrogens with one attached hydrogen (secondary N) is 1. The number of rotatable bonds is 5. The second-order valence-electron chi connectivity index (χ2n) is 6.58. The molecule has 1 amide bonds. The Morgan fingerprint density at radius 1 is 1.33 bits per heavy atom. The third kappa shape index (κ3) is 3.83. The van der Waals surface area contributed by atoms with Gasteiger partial charge in [-0.15, -0.1) is 0 Å². The number of oxazole rings is 1. The van der Waals surface area contributed by atoms with E-state index in [1.165, 1.54) is 23.8 Å². The van der Waals surface area contributed by atoms with Gasteiger partial charge in [-0.3, -0.25) is 9.36 Å². The average Bonchev–Trinajstić information content (AvgIpc) is 2.88. The average molecular weight is 351 g/mol. The van der Waals surface area contributed by atoms with E-state index in [0.717, 1.165) is 18.8 Å². The van der Waals surface area contributed by atoms with E-state index in [4.69, 9.17) is 16.0 Å². The zero-order chi connectivity index (χ0) is 17.1. The molecule has 0 radical (unpaired) electrons. The van der Waals surface area contributed by atoms with E-state index in [0.29, 0.717) is 22.7 Å². The maximum Gasteiger partial charge on any atom is 0.419 e. The summed E-state index contributed by atoms with van der Waals surface area (Å²) in [5, 5.41) is 3.61. The van der Waals surface area contributed by atoms with E-state index in [2.05, 4.69) is 12.2 Å². The Hall–Kier alpha value is -1.75. The summed E-state index contributed by atoms with van der Waals surface area (Å²) in [5.41, 5.74) is 1.12. The van der Waals surface area contributed by atoms with Crippen LogP contribution in [0.2, 0.25) is 5.02 Å². The van der Waals surface area contributed by atoms with Gasteiger partial charge < -0.3 is 9.73 Å². The molecule has 3 rings (SSSR count). The van der Waals surface area contributed by atoms with Gasteiger partial charge in [-0.25, -0.2) is 4.79 Å². The molecule has 0 bridgehead atoms. The Morgan fingerprint density at radius 2 is 2.08 bits per heavy atom. The lowest BCUT2D eigenvalue weighted by Gasteiger charge is -2.28. The standard InChI is InChI=1S/C18H23ClN2O3/c1-2-12-3-6-14(7-4-12)20-17(22)9-10-21-15-8-5-13(19)11-16(15)24-18(21)23/h5,8,11-12,14H,2-4,6-7,9-10H2,1H3,(H,20,22). The normalized spacial score (nSPS) is 21.1. The number of hydrogen-bond donors (Lipinski definition) is 1. The number of carbonyl (C=O) groups excluding carboxylic acids is 1. The minimum atomic E-state index is -0.455. The number of halogens is 1. The molecule has 2 aromatic rings. The Balaban J connectivity index is 1.57. The Kier molecular flexibility index (Phi) is 5.29. The van der Waals surface area contributed by atoms with Crippen LogP contribution in [0.4, 0.5) is 0 Å². The van der Waals surface area contributed by atoms with Crippen LogP contribution in [0.15, 0.2) is 27.4 Å². The second kappa shape index (κ2) is 7.43. The quantitative estimate of drug-likeness (QED) is 0.893. The summed E-state index contributed by atoms with van der Waals surface area (Å²) in [6.07, 6.45) is 5.97. The molecule has 0 atom stereocenters. The van der Waals surface area contributed by atoms with Gasteiger partial charge in [0.1, 0.15) is 0 Å². The van der Waals surface area contributed by atoms with Crippen LogP contribution in [0, 0.1) is 5.92 Å². The minimum Gasteiger partial charge on any atom is -0.408 e. The summed E-state index contributed by atoms with van der Waals surface area (Å²) in [7, 11) is 0. The fourth-order valence-corrected chi connectivity index (χ4v) is 3.64. The van der Waals surface area contributed by atoms with Crippen molar-refractivity contribution in [1.29, 1.82) is 0 Å². The van der Waals surface area contributed by atoms with Crippen molar-refractivity contribution >= 4 is 28.6 Å². The van der Waals surface area contributed by atoms with Gasteiger partial charge >= 0.3 is 5.76 Å². The molecule has 1 fully saturated rings. The molecule has 6 heteroatoms. The van der Waals surface area contributed by atoms with E-state index in [1.807, 2.05) is 0 Å². The van der Waals surface area contributed by atoms with Crippen LogP contribution in [-0.2, 0) is 11.3 Å². The lowest BCUT2D eigenvalue weighted by atomic mass is 9.84. The molecule has 1 aromatic carbocycles. The highest BCUT2D eigenvalue weighted by atomic mass is 35.5. The van der Waals surface area contributed by atoms with Crippen molar-refractivity contribution in [2.45, 2.75) is 58.0 Å². The van der Waals surface area contributed by atoms with E-state index in [9.17, 15) is 9.59 Å². The van der Waals surface area contributed by atoms with Gasteiger partial charge in [0.15, 0.2) is 5.58 Å². The molecule has 1 aliphatic rings. The van der Waals surface area contributed by atoms with Crippen LogP contribution in [0.3, 0.4) is 0 Å². The highest BCUT2D eigenvalue weighted by Crippen LogP contribution is 2.26. The maximum atomic E-state index is 12.2. The summed E-state index contributed by atoms with van der Waals surface area (Å²) in [5.74, 6) is 0.342. The zero-order valence-corrected chi connectivity index (χ0v) is 14.6. The summed E-state index contributed by atoms with van der Waals surface area (Å²) in [6, 6.07) is 5.34. The van der Waals surface area contributed by atoms with Crippen molar-refractivity contribution in [3.63, 3.8) is 0 Å². The van der Waals surface area contributed by atoms with E-state index < -0.39 is 5.76 Å². The van der Waals surface area contributed by atoms with Crippen molar-refractivity contribution in [2.24, 2.45) is 5.92 Å². The lowest BCUT2D eigenvalue weighted by molar-refractivity contribution is -0.122. The topological polar surface area (TPSA) is 64.2 Å². The molecule has 130 valence electrons. The molecule has 0 spiro atoms. The Labute approximate surface area is 146 Å². The number of fused-ring (bicyclic) bond motifs is 1. The van der Waals surface area contributed by atoms with Gasteiger partial charge in [-0.1, -0.05) is 24.9 Å². The SMILES string of the molecule is CCC1CCC(NC(=O)CCn2c(=O)oc3cc(Cl)ccc32)CC1. The molecule has 1 N–H and O–H groups in total. The third-order valence-corrected chi connectivity index (χ3v) is 5.22. The number of hydrogen-bond acceptors (Lipinski definition) is 3. The highest BCUT2D eigenvalue weighted by Gasteiger charge is 2.21. The first-order valence-electron chi connectivity index (χ1n) is 8.65. The van der Waals surface area contributed by atoms with Crippen LogP contribution in [-0.4, -0.2) is 16.5 Å². The number of aryl methyl sites for hydroxylation is 1. The predicted molar refractivity (Wildman–Crippen MR) is 94.3 cm³/mol. The summed E-state index contributed by atoms with van der Waals surface area (Å²) in [4.78, 5) is 24.1. The van der Waals surface area contributed by atoms with Crippen molar-refractivity contribution in [3.05, 3.63) is 33.8 Å². The van der Waals surface area contributed by atoms with Crippen molar-refractivity contribution in [2.75, 3.05) is 0 Å². The fourth-order valence-electron chi connectivity index (χ4n) is 3.48. The maximum absolute atomic E-state index is 12.2. The largest absolute Gasteiger partial charge is 0.419 e. The van der Waals surface area contributed by atoms with E-state index in [1.54, 1.807) is 18.2 Å². The van der Waals surface area contributed by atoms with Crippen LogP contribution in [0.1, 0.15) is 45.4 Å².